The largest absolute Gasteiger partial charge is 0.394 e. The number of amides is 1. The molecule has 4 heteroatoms. The average molecular weight is 648 g/mol. The lowest BCUT2D eigenvalue weighted by Crippen LogP contribution is -2.45. The molecule has 0 radical (unpaired) electrons. The Morgan fingerprint density at radius 2 is 0.826 bits per heavy atom. The summed E-state index contributed by atoms with van der Waals surface area (Å²) in [5, 5.41) is 22.9. The van der Waals surface area contributed by atoms with Gasteiger partial charge in [-0.1, -0.05) is 192 Å². The van der Waals surface area contributed by atoms with E-state index in [9.17, 15) is 15.0 Å². The van der Waals surface area contributed by atoms with Crippen molar-refractivity contribution in [3.05, 3.63) is 24.3 Å². The Hall–Kier alpha value is -1.13. The normalized spacial score (nSPS) is 13.2. The molecule has 0 aliphatic rings. The van der Waals surface area contributed by atoms with Gasteiger partial charge < -0.3 is 15.5 Å². The molecule has 2 atom stereocenters. The fourth-order valence-corrected chi connectivity index (χ4v) is 6.23. The molecule has 4 nitrogen and oxygen atoms in total. The van der Waals surface area contributed by atoms with Crippen LogP contribution in [0.3, 0.4) is 0 Å². The molecular formula is C42H81NO3. The van der Waals surface area contributed by atoms with Gasteiger partial charge in [-0.2, -0.15) is 0 Å². The van der Waals surface area contributed by atoms with Gasteiger partial charge >= 0.3 is 0 Å². The number of carbonyl (C=O) groups excluding carboxylic acids is 1. The Morgan fingerprint density at radius 1 is 0.500 bits per heavy atom. The first-order chi connectivity index (χ1) is 22.7. The van der Waals surface area contributed by atoms with Crippen molar-refractivity contribution in [3.8, 4) is 0 Å². The van der Waals surface area contributed by atoms with Crippen molar-refractivity contribution in [3.63, 3.8) is 0 Å². The van der Waals surface area contributed by atoms with Crippen LogP contribution in [-0.2, 0) is 4.79 Å². The summed E-state index contributed by atoms with van der Waals surface area (Å²) in [4.78, 5) is 12.3. The highest BCUT2D eigenvalue weighted by molar-refractivity contribution is 5.76. The van der Waals surface area contributed by atoms with E-state index >= 15 is 0 Å². The van der Waals surface area contributed by atoms with Crippen molar-refractivity contribution in [1.29, 1.82) is 0 Å². The molecule has 0 fully saturated rings. The van der Waals surface area contributed by atoms with Gasteiger partial charge in [-0.15, -0.1) is 0 Å². The molecule has 0 aliphatic carbocycles. The average Bonchev–Trinajstić information content (AvgIpc) is 3.06. The highest BCUT2D eigenvalue weighted by Crippen LogP contribution is 2.14. The maximum atomic E-state index is 12.3. The van der Waals surface area contributed by atoms with Gasteiger partial charge in [-0.3, -0.25) is 4.79 Å². The van der Waals surface area contributed by atoms with E-state index < -0.39 is 12.1 Å². The van der Waals surface area contributed by atoms with Gasteiger partial charge in [0, 0.05) is 6.42 Å². The van der Waals surface area contributed by atoms with E-state index in [0.29, 0.717) is 6.42 Å². The summed E-state index contributed by atoms with van der Waals surface area (Å²) in [6.07, 6.45) is 48.4. The zero-order valence-corrected chi connectivity index (χ0v) is 31.1. The lowest BCUT2D eigenvalue weighted by atomic mass is 10.0. The van der Waals surface area contributed by atoms with Crippen LogP contribution in [0.4, 0.5) is 0 Å². The van der Waals surface area contributed by atoms with Gasteiger partial charge in [0.05, 0.1) is 18.8 Å². The summed E-state index contributed by atoms with van der Waals surface area (Å²) in [7, 11) is 0. The molecule has 1 amide bonds. The molecule has 3 N–H and O–H groups in total. The van der Waals surface area contributed by atoms with Crippen LogP contribution >= 0.6 is 0 Å². The first-order valence-electron chi connectivity index (χ1n) is 20.6. The molecule has 0 aromatic heterocycles. The molecule has 0 aromatic carbocycles. The summed E-state index contributed by atoms with van der Waals surface area (Å²) in [6, 6.07) is -0.618. The number of carbonyl (C=O) groups is 1. The third kappa shape index (κ3) is 34.2. The number of nitrogens with one attached hydrogen (secondary N) is 1. The van der Waals surface area contributed by atoms with Gasteiger partial charge in [0.15, 0.2) is 0 Å². The second-order valence-electron chi connectivity index (χ2n) is 14.1. The van der Waals surface area contributed by atoms with Gasteiger partial charge in [0.1, 0.15) is 0 Å². The van der Waals surface area contributed by atoms with Crippen LogP contribution in [0.2, 0.25) is 0 Å². The van der Waals surface area contributed by atoms with Gasteiger partial charge in [0.25, 0.3) is 0 Å². The first kappa shape index (κ1) is 44.9. The fraction of sp³-hybridized carbons (Fsp3) is 0.881. The molecular weight excluding hydrogens is 566 g/mol. The Balaban J connectivity index is 3.55. The summed E-state index contributed by atoms with van der Waals surface area (Å²) in [5.74, 6) is -0.0647. The van der Waals surface area contributed by atoms with Crippen molar-refractivity contribution in [1.82, 2.24) is 5.32 Å². The minimum Gasteiger partial charge on any atom is -0.394 e. The van der Waals surface area contributed by atoms with E-state index in [2.05, 4.69) is 31.3 Å². The number of unbranched alkanes of at least 4 members (excludes halogenated alkanes) is 28. The molecule has 0 rings (SSSR count). The van der Waals surface area contributed by atoms with Gasteiger partial charge in [-0.25, -0.2) is 0 Å². The highest BCUT2D eigenvalue weighted by Gasteiger charge is 2.17. The van der Waals surface area contributed by atoms with Crippen LogP contribution in [0.5, 0.6) is 0 Å². The number of rotatable bonds is 37. The fourth-order valence-electron chi connectivity index (χ4n) is 6.23. The maximum Gasteiger partial charge on any atom is 0.220 e. The third-order valence-electron chi connectivity index (χ3n) is 9.43. The van der Waals surface area contributed by atoms with E-state index in [-0.39, 0.29) is 12.5 Å². The quantitative estimate of drug-likeness (QED) is 0.0464. The summed E-state index contributed by atoms with van der Waals surface area (Å²) in [5.41, 5.74) is 0. The SMILES string of the molecule is CCCCCCCC/C=C/CCCCCCCCCCCCCC(=O)N[C@H](CO)[C@@H](O)/C=C/CCCCCCCCCCCCC. The third-order valence-corrected chi connectivity index (χ3v) is 9.43. The Bertz CT molecular complexity index is 661. The molecule has 0 aliphatic heterocycles. The zero-order valence-electron chi connectivity index (χ0n) is 31.1. The number of hydrogen-bond acceptors (Lipinski definition) is 3. The van der Waals surface area contributed by atoms with Crippen LogP contribution in [0, 0.1) is 0 Å². The molecule has 0 unspecified atom stereocenters. The van der Waals surface area contributed by atoms with Crippen LogP contribution in [0.1, 0.15) is 219 Å². The van der Waals surface area contributed by atoms with Gasteiger partial charge in [0.2, 0.25) is 5.91 Å². The predicted molar refractivity (Wildman–Crippen MR) is 202 cm³/mol. The predicted octanol–water partition coefficient (Wildman–Crippen LogP) is 12.5. The summed E-state index contributed by atoms with van der Waals surface area (Å²) < 4.78 is 0. The lowest BCUT2D eigenvalue weighted by Gasteiger charge is -2.20. The molecule has 46 heavy (non-hydrogen) atoms. The molecule has 0 bridgehead atoms. The van der Waals surface area contributed by atoms with Gasteiger partial charge in [-0.05, 0) is 44.9 Å². The zero-order chi connectivity index (χ0) is 33.6. The lowest BCUT2D eigenvalue weighted by molar-refractivity contribution is -0.123. The van der Waals surface area contributed by atoms with E-state index in [1.807, 2.05) is 6.08 Å². The molecule has 0 saturated heterocycles. The van der Waals surface area contributed by atoms with Crippen LogP contribution in [0.25, 0.3) is 0 Å². The Kier molecular flexibility index (Phi) is 37.4. The standard InChI is InChI=1S/C42H81NO3/c1-3-5-7-9-11-13-15-17-18-19-20-21-22-23-24-26-28-30-32-34-36-38-42(46)43-40(39-44)41(45)37-35-33-31-29-27-25-16-14-12-10-8-6-4-2/h17-18,35,37,40-41,44-45H,3-16,19-34,36,38-39H2,1-2H3,(H,43,46)/b18-17+,37-35+/t40-,41+/m1/s1. The van der Waals surface area contributed by atoms with E-state index in [1.54, 1.807) is 6.08 Å². The van der Waals surface area contributed by atoms with Crippen molar-refractivity contribution >= 4 is 5.91 Å². The minimum atomic E-state index is -0.835. The Morgan fingerprint density at radius 3 is 1.20 bits per heavy atom. The number of aliphatic hydroxyl groups excluding tert-OH is 2. The van der Waals surface area contributed by atoms with E-state index in [1.165, 1.54) is 173 Å². The van der Waals surface area contributed by atoms with Crippen LogP contribution in [0.15, 0.2) is 24.3 Å². The van der Waals surface area contributed by atoms with Crippen molar-refractivity contribution in [2.24, 2.45) is 0 Å². The smallest absolute Gasteiger partial charge is 0.220 e. The van der Waals surface area contributed by atoms with Crippen molar-refractivity contribution in [2.75, 3.05) is 6.61 Å². The van der Waals surface area contributed by atoms with Crippen molar-refractivity contribution < 1.29 is 15.0 Å². The first-order valence-corrected chi connectivity index (χ1v) is 20.6. The topological polar surface area (TPSA) is 69.6 Å². The second-order valence-corrected chi connectivity index (χ2v) is 14.1. The highest BCUT2D eigenvalue weighted by atomic mass is 16.3. The van der Waals surface area contributed by atoms with E-state index in [4.69, 9.17) is 0 Å². The molecule has 0 aromatic rings. The Labute approximate surface area is 288 Å². The van der Waals surface area contributed by atoms with E-state index in [0.717, 1.165) is 25.7 Å². The number of hydrogen-bond donors (Lipinski definition) is 3. The summed E-state index contributed by atoms with van der Waals surface area (Å²) in [6.45, 7) is 4.30. The second kappa shape index (κ2) is 38.3. The number of aliphatic hydroxyl groups is 2. The molecule has 0 spiro atoms. The van der Waals surface area contributed by atoms with Crippen molar-refractivity contribution in [2.45, 2.75) is 231 Å². The summed E-state index contributed by atoms with van der Waals surface area (Å²) >= 11 is 0. The number of allylic oxidation sites excluding steroid dienone is 3. The van der Waals surface area contributed by atoms with Crippen LogP contribution in [-0.4, -0.2) is 34.9 Å². The molecule has 0 saturated carbocycles. The monoisotopic (exact) mass is 648 g/mol. The van der Waals surface area contributed by atoms with Crippen LogP contribution < -0.4 is 5.32 Å². The molecule has 0 heterocycles. The molecule has 272 valence electrons. The maximum absolute atomic E-state index is 12.3. The minimum absolute atomic E-state index is 0.0647.